The Labute approximate surface area is 109 Å². The Kier molecular flexibility index (Phi) is 4.58. The van der Waals surface area contributed by atoms with Crippen LogP contribution in [0.15, 0.2) is 4.42 Å². The zero-order valence-corrected chi connectivity index (χ0v) is 11.6. The molecule has 0 radical (unpaired) electrons. The summed E-state index contributed by atoms with van der Waals surface area (Å²) in [6, 6.07) is 1.02. The number of nitrogens with one attached hydrogen (secondary N) is 2. The van der Waals surface area contributed by atoms with Gasteiger partial charge in [-0.05, 0) is 24.8 Å². The highest BCUT2D eigenvalue weighted by atomic mass is 16.4. The van der Waals surface area contributed by atoms with E-state index in [4.69, 9.17) is 4.42 Å². The minimum atomic E-state index is 0.459. The number of anilines is 1. The van der Waals surface area contributed by atoms with Crippen LogP contribution in [0.3, 0.4) is 0 Å². The number of nitrogens with zero attached hydrogens (tertiary/aromatic N) is 2. The van der Waals surface area contributed by atoms with Crippen molar-refractivity contribution in [2.24, 2.45) is 11.8 Å². The van der Waals surface area contributed by atoms with E-state index in [9.17, 15) is 0 Å². The van der Waals surface area contributed by atoms with Crippen molar-refractivity contribution in [3.63, 3.8) is 0 Å². The highest BCUT2D eigenvalue weighted by Crippen LogP contribution is 2.31. The molecule has 1 saturated carbocycles. The Bertz CT molecular complexity index is 366. The van der Waals surface area contributed by atoms with Crippen molar-refractivity contribution < 1.29 is 4.42 Å². The van der Waals surface area contributed by atoms with Crippen molar-refractivity contribution in [1.29, 1.82) is 0 Å². The average Bonchev–Trinajstić information content (AvgIpc) is 2.80. The van der Waals surface area contributed by atoms with Gasteiger partial charge in [0.1, 0.15) is 0 Å². The minimum absolute atomic E-state index is 0.459. The molecule has 1 aliphatic rings. The second-order valence-electron chi connectivity index (χ2n) is 5.30. The second-order valence-corrected chi connectivity index (χ2v) is 5.30. The predicted molar refractivity (Wildman–Crippen MR) is 71.3 cm³/mol. The van der Waals surface area contributed by atoms with Gasteiger partial charge in [0, 0.05) is 6.04 Å². The molecule has 0 bridgehead atoms. The lowest BCUT2D eigenvalue weighted by molar-refractivity contribution is 0.250. The summed E-state index contributed by atoms with van der Waals surface area (Å²) in [6.45, 7) is 8.23. The van der Waals surface area contributed by atoms with E-state index in [1.54, 1.807) is 0 Å². The molecule has 5 nitrogen and oxygen atoms in total. The van der Waals surface area contributed by atoms with Crippen LogP contribution < -0.4 is 10.6 Å². The Morgan fingerprint density at radius 3 is 2.89 bits per heavy atom. The molecule has 1 aromatic rings. The van der Waals surface area contributed by atoms with Gasteiger partial charge >= 0.3 is 6.01 Å². The van der Waals surface area contributed by atoms with E-state index in [0.29, 0.717) is 30.4 Å². The summed E-state index contributed by atoms with van der Waals surface area (Å²) >= 11 is 0. The van der Waals surface area contributed by atoms with Crippen molar-refractivity contribution in [2.75, 3.05) is 11.9 Å². The Morgan fingerprint density at radius 2 is 2.11 bits per heavy atom. The lowest BCUT2D eigenvalue weighted by Gasteiger charge is -2.33. The van der Waals surface area contributed by atoms with E-state index in [1.807, 2.05) is 0 Å². The van der Waals surface area contributed by atoms with Gasteiger partial charge in [0.25, 0.3) is 0 Å². The molecule has 5 heteroatoms. The molecule has 1 aliphatic carbocycles. The van der Waals surface area contributed by atoms with Gasteiger partial charge in [0.15, 0.2) is 0 Å². The number of hydrogen-bond acceptors (Lipinski definition) is 5. The van der Waals surface area contributed by atoms with Crippen LogP contribution in [0.4, 0.5) is 6.01 Å². The molecule has 3 unspecified atom stereocenters. The third-order valence-corrected chi connectivity index (χ3v) is 4.01. The zero-order valence-electron chi connectivity index (χ0n) is 11.6. The van der Waals surface area contributed by atoms with E-state index in [1.165, 1.54) is 19.3 Å². The van der Waals surface area contributed by atoms with Gasteiger partial charge in [0.05, 0.1) is 6.54 Å². The van der Waals surface area contributed by atoms with Gasteiger partial charge < -0.3 is 15.1 Å². The number of rotatable bonds is 5. The second kappa shape index (κ2) is 6.18. The van der Waals surface area contributed by atoms with Crippen molar-refractivity contribution in [3.05, 3.63) is 5.89 Å². The quantitative estimate of drug-likeness (QED) is 0.842. The first-order valence-corrected chi connectivity index (χ1v) is 7.00. The summed E-state index contributed by atoms with van der Waals surface area (Å²) < 4.78 is 5.58. The van der Waals surface area contributed by atoms with Crippen LogP contribution in [0.2, 0.25) is 0 Å². The molecule has 3 atom stereocenters. The Balaban J connectivity index is 1.90. The normalized spacial score (nSPS) is 28.3. The molecule has 0 amide bonds. The van der Waals surface area contributed by atoms with E-state index in [-0.39, 0.29) is 0 Å². The van der Waals surface area contributed by atoms with Crippen molar-refractivity contribution in [1.82, 2.24) is 15.5 Å². The first-order valence-electron chi connectivity index (χ1n) is 7.00. The van der Waals surface area contributed by atoms with Crippen LogP contribution in [-0.4, -0.2) is 22.8 Å². The van der Waals surface area contributed by atoms with Crippen LogP contribution >= 0.6 is 0 Å². The maximum absolute atomic E-state index is 5.58. The molecule has 1 aromatic heterocycles. The molecule has 0 aliphatic heterocycles. The highest BCUT2D eigenvalue weighted by molar-refractivity contribution is 5.20. The third kappa shape index (κ3) is 3.22. The molecule has 2 rings (SSSR count). The fraction of sp³-hybridized carbons (Fsp3) is 0.846. The summed E-state index contributed by atoms with van der Waals surface area (Å²) in [5.41, 5.74) is 0. The van der Waals surface area contributed by atoms with Gasteiger partial charge in [-0.25, -0.2) is 0 Å². The standard InChI is InChI=1S/C13H24N4O/c1-4-14-8-12-16-17-13(18-12)15-11-7-5-6-9(2)10(11)3/h9-11,14H,4-8H2,1-3H3,(H,15,17). The summed E-state index contributed by atoms with van der Waals surface area (Å²) in [5.74, 6) is 2.07. The lowest BCUT2D eigenvalue weighted by atomic mass is 9.78. The molecular weight excluding hydrogens is 228 g/mol. The SMILES string of the molecule is CCNCc1nnc(NC2CCCC(C)C2C)o1. The van der Waals surface area contributed by atoms with Gasteiger partial charge in [-0.2, -0.15) is 0 Å². The summed E-state index contributed by atoms with van der Waals surface area (Å²) in [6.07, 6.45) is 3.80. The fourth-order valence-corrected chi connectivity index (χ4v) is 2.56. The summed E-state index contributed by atoms with van der Waals surface area (Å²) in [5, 5.41) is 14.6. The zero-order chi connectivity index (χ0) is 13.0. The van der Waals surface area contributed by atoms with Gasteiger partial charge in [0.2, 0.25) is 5.89 Å². The molecule has 2 N–H and O–H groups in total. The van der Waals surface area contributed by atoms with E-state index in [2.05, 4.69) is 41.6 Å². The topological polar surface area (TPSA) is 63.0 Å². The van der Waals surface area contributed by atoms with E-state index < -0.39 is 0 Å². The largest absolute Gasteiger partial charge is 0.407 e. The van der Waals surface area contributed by atoms with Crippen LogP contribution in [-0.2, 0) is 6.54 Å². The highest BCUT2D eigenvalue weighted by Gasteiger charge is 2.27. The predicted octanol–water partition coefficient (Wildman–Crippen LogP) is 2.42. The summed E-state index contributed by atoms with van der Waals surface area (Å²) in [4.78, 5) is 0. The van der Waals surface area contributed by atoms with Crippen molar-refractivity contribution in [2.45, 2.75) is 52.6 Å². The number of aromatic nitrogens is 2. The molecule has 1 fully saturated rings. The van der Waals surface area contributed by atoms with Gasteiger partial charge in [-0.15, -0.1) is 5.10 Å². The van der Waals surface area contributed by atoms with Crippen molar-refractivity contribution >= 4 is 6.01 Å². The molecular formula is C13H24N4O. The average molecular weight is 252 g/mol. The third-order valence-electron chi connectivity index (χ3n) is 4.01. The molecule has 18 heavy (non-hydrogen) atoms. The first kappa shape index (κ1) is 13.3. The van der Waals surface area contributed by atoms with Crippen LogP contribution in [0.5, 0.6) is 0 Å². The number of hydrogen-bond donors (Lipinski definition) is 2. The molecule has 0 saturated heterocycles. The first-order chi connectivity index (χ1) is 8.70. The maximum Gasteiger partial charge on any atom is 0.315 e. The van der Waals surface area contributed by atoms with Crippen molar-refractivity contribution in [3.8, 4) is 0 Å². The smallest absolute Gasteiger partial charge is 0.315 e. The van der Waals surface area contributed by atoms with E-state index in [0.717, 1.165) is 12.5 Å². The Hall–Kier alpha value is -1.10. The van der Waals surface area contributed by atoms with Gasteiger partial charge in [-0.1, -0.05) is 38.7 Å². The van der Waals surface area contributed by atoms with Crippen LogP contribution in [0, 0.1) is 11.8 Å². The molecule has 0 aromatic carbocycles. The van der Waals surface area contributed by atoms with Crippen LogP contribution in [0.1, 0.15) is 45.9 Å². The van der Waals surface area contributed by atoms with E-state index >= 15 is 0 Å². The fourth-order valence-electron chi connectivity index (χ4n) is 2.56. The Morgan fingerprint density at radius 1 is 1.28 bits per heavy atom. The lowest BCUT2D eigenvalue weighted by Crippen LogP contribution is -2.35. The molecule has 0 spiro atoms. The molecule has 1 heterocycles. The van der Waals surface area contributed by atoms with Crippen LogP contribution in [0.25, 0.3) is 0 Å². The molecule has 102 valence electrons. The monoisotopic (exact) mass is 252 g/mol. The minimum Gasteiger partial charge on any atom is -0.407 e. The maximum atomic E-state index is 5.58. The van der Waals surface area contributed by atoms with Gasteiger partial charge in [-0.3, -0.25) is 0 Å². The summed E-state index contributed by atoms with van der Waals surface area (Å²) in [7, 11) is 0.